The van der Waals surface area contributed by atoms with Crippen molar-refractivity contribution in [2.75, 3.05) is 6.61 Å². The lowest BCUT2D eigenvalue weighted by Crippen LogP contribution is -2.41. The first kappa shape index (κ1) is 21.3. The average Bonchev–Trinajstić information content (AvgIpc) is 2.46. The fourth-order valence-corrected chi connectivity index (χ4v) is 3.29. The van der Waals surface area contributed by atoms with E-state index in [1.165, 1.54) is 0 Å². The van der Waals surface area contributed by atoms with E-state index >= 15 is 0 Å². The highest BCUT2D eigenvalue weighted by Crippen LogP contribution is 2.37. The van der Waals surface area contributed by atoms with Gasteiger partial charge in [-0.25, -0.2) is 0 Å². The van der Waals surface area contributed by atoms with E-state index in [1.54, 1.807) is 18.2 Å². The SMILES string of the molecule is CC(C)(C)[Si](C)(C)OCCC(O)C(N=[N+]=[N-])c1ccc(Cl)c(Cl)c1. The molecule has 2 unspecified atom stereocenters. The van der Waals surface area contributed by atoms with Gasteiger partial charge in [0, 0.05) is 11.5 Å². The molecule has 1 aromatic rings. The van der Waals surface area contributed by atoms with Crippen molar-refractivity contribution in [2.24, 2.45) is 5.11 Å². The van der Waals surface area contributed by atoms with Crippen molar-refractivity contribution in [3.63, 3.8) is 0 Å². The second-order valence-electron chi connectivity index (χ2n) is 7.29. The lowest BCUT2D eigenvalue weighted by molar-refractivity contribution is 0.111. The Bertz CT molecular complexity index is 614. The lowest BCUT2D eigenvalue weighted by atomic mass is 10.0. The zero-order chi connectivity index (χ0) is 18.5. The van der Waals surface area contributed by atoms with Gasteiger partial charge in [0.05, 0.1) is 22.2 Å². The monoisotopic (exact) mass is 389 g/mol. The standard InChI is InChI=1S/C16H25Cl2N3O2Si/c1-16(2,3)24(4,5)23-9-8-14(22)15(20-21-19)11-6-7-12(17)13(18)10-11/h6-7,10,14-15,22H,8-9H2,1-5H3. The molecule has 1 rings (SSSR count). The molecule has 0 fully saturated rings. The van der Waals surface area contributed by atoms with Crippen molar-refractivity contribution in [1.82, 2.24) is 0 Å². The van der Waals surface area contributed by atoms with Gasteiger partial charge in [0.25, 0.3) is 0 Å². The van der Waals surface area contributed by atoms with Crippen LogP contribution in [0.4, 0.5) is 0 Å². The number of azide groups is 1. The third-order valence-corrected chi connectivity index (χ3v) is 9.79. The summed E-state index contributed by atoms with van der Waals surface area (Å²) in [6.45, 7) is 11.2. The van der Waals surface area contributed by atoms with Crippen LogP contribution >= 0.6 is 23.2 Å². The van der Waals surface area contributed by atoms with Crippen LogP contribution in [-0.4, -0.2) is 26.1 Å². The zero-order valence-corrected chi connectivity index (χ0v) is 17.3. The van der Waals surface area contributed by atoms with Crippen molar-refractivity contribution in [3.8, 4) is 0 Å². The van der Waals surface area contributed by atoms with Crippen LogP contribution in [0.15, 0.2) is 23.3 Å². The van der Waals surface area contributed by atoms with Gasteiger partial charge in [0.1, 0.15) is 0 Å². The molecule has 24 heavy (non-hydrogen) atoms. The van der Waals surface area contributed by atoms with Crippen LogP contribution < -0.4 is 0 Å². The maximum Gasteiger partial charge on any atom is 0.191 e. The van der Waals surface area contributed by atoms with Gasteiger partial charge in [-0.15, -0.1) is 0 Å². The molecule has 134 valence electrons. The zero-order valence-electron chi connectivity index (χ0n) is 14.8. The topological polar surface area (TPSA) is 78.2 Å². The fraction of sp³-hybridized carbons (Fsp3) is 0.625. The minimum absolute atomic E-state index is 0.103. The number of benzene rings is 1. The molecule has 0 aliphatic rings. The highest BCUT2D eigenvalue weighted by molar-refractivity contribution is 6.74. The molecule has 8 heteroatoms. The van der Waals surface area contributed by atoms with Crippen LogP contribution in [0.5, 0.6) is 0 Å². The summed E-state index contributed by atoms with van der Waals surface area (Å²) in [6.07, 6.45) is -0.487. The summed E-state index contributed by atoms with van der Waals surface area (Å²) in [6, 6.07) is 4.21. The summed E-state index contributed by atoms with van der Waals surface area (Å²) < 4.78 is 6.07. The maximum atomic E-state index is 10.4. The van der Waals surface area contributed by atoms with Crippen molar-refractivity contribution in [3.05, 3.63) is 44.3 Å². The molecule has 0 saturated heterocycles. The summed E-state index contributed by atoms with van der Waals surface area (Å²) in [7, 11) is -1.87. The Labute approximate surface area is 154 Å². The van der Waals surface area contributed by atoms with Crippen molar-refractivity contribution >= 4 is 31.5 Å². The molecule has 0 bridgehead atoms. The Balaban J connectivity index is 2.79. The molecule has 0 spiro atoms. The summed E-state index contributed by atoms with van der Waals surface area (Å²) in [5.74, 6) is 0. The molecule has 5 nitrogen and oxygen atoms in total. The third kappa shape index (κ3) is 5.65. The van der Waals surface area contributed by atoms with Crippen molar-refractivity contribution in [2.45, 2.75) is 57.5 Å². The molecule has 1 N–H and O–H groups in total. The van der Waals surface area contributed by atoms with Gasteiger partial charge in [-0.1, -0.05) is 55.2 Å². The van der Waals surface area contributed by atoms with Gasteiger partial charge in [-0.2, -0.15) is 0 Å². The van der Waals surface area contributed by atoms with E-state index in [-0.39, 0.29) is 5.04 Å². The van der Waals surface area contributed by atoms with E-state index in [4.69, 9.17) is 33.2 Å². The maximum absolute atomic E-state index is 10.4. The number of aliphatic hydroxyl groups excluding tert-OH is 1. The molecule has 2 atom stereocenters. The Hall–Kier alpha value is -0.753. The van der Waals surface area contributed by atoms with Gasteiger partial charge >= 0.3 is 0 Å². The van der Waals surface area contributed by atoms with Crippen molar-refractivity contribution in [1.29, 1.82) is 0 Å². The van der Waals surface area contributed by atoms with Gasteiger partial charge in [-0.3, -0.25) is 0 Å². The fourth-order valence-electron chi connectivity index (χ4n) is 1.93. The highest BCUT2D eigenvalue weighted by Gasteiger charge is 2.37. The minimum atomic E-state index is -1.87. The summed E-state index contributed by atoms with van der Waals surface area (Å²) in [5.41, 5.74) is 9.42. The van der Waals surface area contributed by atoms with E-state index < -0.39 is 20.5 Å². The third-order valence-electron chi connectivity index (χ3n) is 4.51. The van der Waals surface area contributed by atoms with Crippen LogP contribution in [0, 0.1) is 0 Å². The quantitative estimate of drug-likeness (QED) is 0.264. The normalized spacial score (nSPS) is 14.8. The van der Waals surface area contributed by atoms with Crippen LogP contribution in [0.3, 0.4) is 0 Å². The second kappa shape index (κ2) is 8.56. The molecule has 0 radical (unpaired) electrons. The molecule has 1 aromatic carbocycles. The first-order chi connectivity index (χ1) is 11.0. The summed E-state index contributed by atoms with van der Waals surface area (Å²) in [4.78, 5) is 2.84. The van der Waals surface area contributed by atoms with Crippen LogP contribution in [0.1, 0.15) is 38.8 Å². The van der Waals surface area contributed by atoms with Crippen LogP contribution in [-0.2, 0) is 4.43 Å². The van der Waals surface area contributed by atoms with E-state index in [0.29, 0.717) is 28.6 Å². The van der Waals surface area contributed by atoms with Crippen LogP contribution in [0.2, 0.25) is 28.2 Å². The molecule has 0 aromatic heterocycles. The Kier molecular flexibility index (Phi) is 7.60. The second-order valence-corrected chi connectivity index (χ2v) is 12.9. The Morgan fingerprint density at radius 3 is 2.42 bits per heavy atom. The van der Waals surface area contributed by atoms with E-state index in [1.807, 2.05) is 0 Å². The average molecular weight is 390 g/mol. The van der Waals surface area contributed by atoms with Crippen LogP contribution in [0.25, 0.3) is 10.4 Å². The summed E-state index contributed by atoms with van der Waals surface area (Å²) >= 11 is 11.9. The first-order valence-electron chi connectivity index (χ1n) is 7.81. The molecule has 0 aliphatic carbocycles. The van der Waals surface area contributed by atoms with Gasteiger partial charge in [0.15, 0.2) is 8.32 Å². The highest BCUT2D eigenvalue weighted by atomic mass is 35.5. The number of rotatable bonds is 7. The Morgan fingerprint density at radius 1 is 1.29 bits per heavy atom. The Morgan fingerprint density at radius 2 is 1.92 bits per heavy atom. The van der Waals surface area contributed by atoms with Crippen molar-refractivity contribution < 1.29 is 9.53 Å². The predicted octanol–water partition coefficient (Wildman–Crippen LogP) is 6.12. The number of aliphatic hydroxyl groups is 1. The van der Waals surface area contributed by atoms with Gasteiger partial charge in [-0.05, 0) is 47.8 Å². The van der Waals surface area contributed by atoms with E-state index in [9.17, 15) is 5.11 Å². The molecular weight excluding hydrogens is 365 g/mol. The van der Waals surface area contributed by atoms with E-state index in [0.717, 1.165) is 0 Å². The smallest absolute Gasteiger partial charge is 0.191 e. The van der Waals surface area contributed by atoms with Gasteiger partial charge in [0.2, 0.25) is 0 Å². The largest absolute Gasteiger partial charge is 0.417 e. The minimum Gasteiger partial charge on any atom is -0.417 e. The number of hydrogen-bond acceptors (Lipinski definition) is 3. The van der Waals surface area contributed by atoms with E-state index in [2.05, 4.69) is 43.9 Å². The molecule has 0 amide bonds. The number of hydrogen-bond donors (Lipinski definition) is 1. The molecular formula is C16H25Cl2N3O2Si. The summed E-state index contributed by atoms with van der Waals surface area (Å²) in [5, 5.41) is 15.0. The predicted molar refractivity (Wildman–Crippen MR) is 102 cm³/mol. The first-order valence-corrected chi connectivity index (χ1v) is 11.5. The molecule has 0 saturated carbocycles. The number of halogens is 2. The van der Waals surface area contributed by atoms with Gasteiger partial charge < -0.3 is 9.53 Å². The molecule has 0 heterocycles. The lowest BCUT2D eigenvalue weighted by Gasteiger charge is -2.36. The molecule has 0 aliphatic heterocycles. The number of nitrogens with zero attached hydrogens (tertiary/aromatic N) is 3.